The van der Waals surface area contributed by atoms with Gasteiger partial charge in [-0.15, -0.1) is 16.4 Å². The number of rotatable bonds is 6. The number of ether oxygens (including phenoxy) is 1. The molecule has 3 aromatic rings. The minimum absolute atomic E-state index is 0.0427. The highest BCUT2D eigenvalue weighted by atomic mass is 35.5. The molecule has 1 aliphatic rings. The van der Waals surface area contributed by atoms with E-state index in [2.05, 4.69) is 15.6 Å². The molecule has 0 unspecified atom stereocenters. The number of amides is 2. The minimum Gasteiger partial charge on any atom is -0.370 e. The zero-order valence-corrected chi connectivity index (χ0v) is 16.9. The first-order valence-electron chi connectivity index (χ1n) is 9.03. The fourth-order valence-electron chi connectivity index (χ4n) is 2.94. The van der Waals surface area contributed by atoms with Gasteiger partial charge in [-0.05, 0) is 36.4 Å². The molecule has 0 radical (unpaired) electrons. The van der Waals surface area contributed by atoms with Crippen molar-refractivity contribution >= 4 is 40.4 Å². The highest BCUT2D eigenvalue weighted by Crippen LogP contribution is 2.21. The summed E-state index contributed by atoms with van der Waals surface area (Å²) in [7, 11) is 0. The van der Waals surface area contributed by atoms with Gasteiger partial charge < -0.3 is 15.0 Å². The van der Waals surface area contributed by atoms with Gasteiger partial charge in [0.15, 0.2) is 0 Å². The highest BCUT2D eigenvalue weighted by molar-refractivity contribution is 7.17. The van der Waals surface area contributed by atoms with Crippen LogP contribution in [0.2, 0.25) is 4.34 Å². The number of anilines is 1. The van der Waals surface area contributed by atoms with Crippen molar-refractivity contribution in [2.45, 2.75) is 6.42 Å². The summed E-state index contributed by atoms with van der Waals surface area (Å²) in [5.41, 5.74) is 2.44. The smallest absolute Gasteiger partial charge is 0.261 e. The largest absolute Gasteiger partial charge is 0.370 e. The van der Waals surface area contributed by atoms with Crippen molar-refractivity contribution < 1.29 is 14.3 Å². The minimum atomic E-state index is -0.150. The molecule has 0 atom stereocenters. The number of halogens is 1. The van der Waals surface area contributed by atoms with Crippen molar-refractivity contribution in [1.29, 1.82) is 0 Å². The average molecular weight is 432 g/mol. The molecular formula is C19H18ClN5O3S. The van der Waals surface area contributed by atoms with Gasteiger partial charge in [-0.2, -0.15) is 0 Å². The third-order valence-electron chi connectivity index (χ3n) is 4.42. The summed E-state index contributed by atoms with van der Waals surface area (Å²) >= 11 is 7.09. The Labute approximate surface area is 176 Å². The van der Waals surface area contributed by atoms with E-state index in [4.69, 9.17) is 16.3 Å². The molecule has 1 N–H and O–H groups in total. The molecule has 0 saturated carbocycles. The average Bonchev–Trinajstić information content (AvgIpc) is 3.38. The van der Waals surface area contributed by atoms with Gasteiger partial charge in [0, 0.05) is 25.2 Å². The molecule has 2 amide bonds. The van der Waals surface area contributed by atoms with E-state index in [1.165, 1.54) is 11.3 Å². The van der Waals surface area contributed by atoms with E-state index in [0.29, 0.717) is 35.3 Å². The van der Waals surface area contributed by atoms with Crippen LogP contribution in [-0.4, -0.2) is 53.1 Å². The number of hydrogen-bond donors (Lipinski definition) is 1. The van der Waals surface area contributed by atoms with Gasteiger partial charge in [0.05, 0.1) is 33.4 Å². The Morgan fingerprint density at radius 3 is 2.72 bits per heavy atom. The number of nitrogens with one attached hydrogen (secondary N) is 1. The number of benzene rings is 1. The van der Waals surface area contributed by atoms with Crippen LogP contribution in [0.3, 0.4) is 0 Å². The van der Waals surface area contributed by atoms with E-state index >= 15 is 0 Å². The molecule has 0 spiro atoms. The Morgan fingerprint density at radius 1 is 1.21 bits per heavy atom. The Bertz CT molecular complexity index is 1020. The number of nitrogens with zero attached hydrogens (tertiary/aromatic N) is 4. The zero-order valence-electron chi connectivity index (χ0n) is 15.4. The molecule has 4 rings (SSSR count). The summed E-state index contributed by atoms with van der Waals surface area (Å²) in [6.45, 7) is 1.65. The summed E-state index contributed by atoms with van der Waals surface area (Å²) < 4.78 is 7.41. The summed E-state index contributed by atoms with van der Waals surface area (Å²) in [5, 5.41) is 11.1. The maximum Gasteiger partial charge on any atom is 0.261 e. The molecule has 10 heteroatoms. The van der Waals surface area contributed by atoms with Crippen LogP contribution in [0.25, 0.3) is 5.69 Å². The number of aromatic nitrogens is 3. The number of carbonyl (C=O) groups is 2. The molecule has 29 heavy (non-hydrogen) atoms. The lowest BCUT2D eigenvalue weighted by Crippen LogP contribution is -2.41. The third kappa shape index (κ3) is 4.64. The van der Waals surface area contributed by atoms with E-state index < -0.39 is 0 Å². The van der Waals surface area contributed by atoms with E-state index in [-0.39, 0.29) is 18.4 Å². The molecule has 1 aliphatic heterocycles. The summed E-state index contributed by atoms with van der Waals surface area (Å²) in [4.78, 5) is 26.2. The second kappa shape index (κ2) is 8.73. The molecule has 0 aliphatic carbocycles. The van der Waals surface area contributed by atoms with Crippen molar-refractivity contribution in [2.24, 2.45) is 0 Å². The van der Waals surface area contributed by atoms with Crippen molar-refractivity contribution in [1.82, 2.24) is 20.3 Å². The van der Waals surface area contributed by atoms with Crippen molar-refractivity contribution in [3.05, 3.63) is 57.5 Å². The van der Waals surface area contributed by atoms with Crippen LogP contribution in [0.15, 0.2) is 42.6 Å². The first-order chi connectivity index (χ1) is 14.1. The molecule has 2 aromatic heterocycles. The SMILES string of the molecule is O=C(NCCc1cn(-c2ccc(N3CCOCC3=O)cc2)nn1)c1ccc(Cl)s1. The lowest BCUT2D eigenvalue weighted by Gasteiger charge is -2.26. The summed E-state index contributed by atoms with van der Waals surface area (Å²) in [6.07, 6.45) is 2.38. The van der Waals surface area contributed by atoms with Gasteiger partial charge in [-0.1, -0.05) is 16.8 Å². The van der Waals surface area contributed by atoms with Crippen molar-refractivity contribution in [2.75, 3.05) is 31.2 Å². The predicted molar refractivity (Wildman–Crippen MR) is 110 cm³/mol. The normalized spacial score (nSPS) is 14.2. The Hall–Kier alpha value is -2.75. The van der Waals surface area contributed by atoms with Crippen LogP contribution in [0.4, 0.5) is 5.69 Å². The number of carbonyl (C=O) groups excluding carboxylic acids is 2. The predicted octanol–water partition coefficient (Wildman–Crippen LogP) is 2.32. The second-order valence-electron chi connectivity index (χ2n) is 6.38. The fraction of sp³-hybridized carbons (Fsp3) is 0.263. The number of morpholine rings is 1. The van der Waals surface area contributed by atoms with Crippen LogP contribution in [0.1, 0.15) is 15.4 Å². The maximum absolute atomic E-state index is 12.0. The molecule has 0 bridgehead atoms. The first kappa shape index (κ1) is 19.6. The highest BCUT2D eigenvalue weighted by Gasteiger charge is 2.20. The van der Waals surface area contributed by atoms with Crippen molar-refractivity contribution in [3.63, 3.8) is 0 Å². The van der Waals surface area contributed by atoms with Crippen LogP contribution in [0, 0.1) is 0 Å². The first-order valence-corrected chi connectivity index (χ1v) is 10.2. The lowest BCUT2D eigenvalue weighted by molar-refractivity contribution is -0.125. The van der Waals surface area contributed by atoms with Gasteiger partial charge in [-0.3, -0.25) is 9.59 Å². The summed E-state index contributed by atoms with van der Waals surface area (Å²) in [5.74, 6) is -0.193. The Kier molecular flexibility index (Phi) is 5.89. The lowest BCUT2D eigenvalue weighted by atomic mass is 10.2. The molecule has 8 nitrogen and oxygen atoms in total. The third-order valence-corrected chi connectivity index (χ3v) is 5.65. The molecule has 3 heterocycles. The second-order valence-corrected chi connectivity index (χ2v) is 8.09. The molecule has 1 saturated heterocycles. The van der Waals surface area contributed by atoms with Crippen LogP contribution < -0.4 is 10.2 Å². The van der Waals surface area contributed by atoms with Gasteiger partial charge in [0.25, 0.3) is 11.8 Å². The molecule has 150 valence electrons. The fourth-order valence-corrected chi connectivity index (χ4v) is 3.90. The molecular weight excluding hydrogens is 414 g/mol. The Balaban J connectivity index is 1.33. The monoisotopic (exact) mass is 431 g/mol. The van der Waals surface area contributed by atoms with Crippen LogP contribution in [-0.2, 0) is 16.0 Å². The molecule has 1 fully saturated rings. The Morgan fingerprint density at radius 2 is 2.00 bits per heavy atom. The number of thiophene rings is 1. The number of hydrogen-bond acceptors (Lipinski definition) is 6. The van der Waals surface area contributed by atoms with Gasteiger partial charge in [0.2, 0.25) is 0 Å². The van der Waals surface area contributed by atoms with Gasteiger partial charge in [-0.25, -0.2) is 4.68 Å². The maximum atomic E-state index is 12.0. The van der Waals surface area contributed by atoms with Crippen LogP contribution in [0.5, 0.6) is 0 Å². The van der Waals surface area contributed by atoms with Crippen molar-refractivity contribution in [3.8, 4) is 5.69 Å². The topological polar surface area (TPSA) is 89.4 Å². The quantitative estimate of drug-likeness (QED) is 0.647. The zero-order chi connectivity index (χ0) is 20.2. The van der Waals surface area contributed by atoms with Gasteiger partial charge >= 0.3 is 0 Å². The summed E-state index contributed by atoms with van der Waals surface area (Å²) in [6, 6.07) is 10.9. The van der Waals surface area contributed by atoms with E-state index in [0.717, 1.165) is 17.1 Å². The standard InChI is InChI=1S/C19H18ClN5O3S/c20-17-6-5-16(29-17)19(27)21-8-7-13-11-25(23-22-13)15-3-1-14(2-4-15)24-9-10-28-12-18(24)26/h1-6,11H,7-10,12H2,(H,21,27). The van der Waals surface area contributed by atoms with Crippen LogP contribution >= 0.6 is 22.9 Å². The van der Waals surface area contributed by atoms with Gasteiger partial charge in [0.1, 0.15) is 6.61 Å². The molecule has 1 aromatic carbocycles. The van der Waals surface area contributed by atoms with E-state index in [9.17, 15) is 9.59 Å². The van der Waals surface area contributed by atoms with E-state index in [1.807, 2.05) is 30.5 Å². The van der Waals surface area contributed by atoms with E-state index in [1.54, 1.807) is 21.7 Å².